The molecule has 0 spiro atoms. The van der Waals surface area contributed by atoms with Crippen molar-refractivity contribution in [2.45, 2.75) is 34.1 Å². The fourth-order valence-corrected chi connectivity index (χ4v) is 1.90. The molecule has 0 saturated carbocycles. The summed E-state index contributed by atoms with van der Waals surface area (Å²) in [5.41, 5.74) is 2.91. The average molecular weight is 246 g/mol. The fraction of sp³-hybridized carbons (Fsp3) is 0.438. The van der Waals surface area contributed by atoms with Gasteiger partial charge in [-0.25, -0.2) is 4.79 Å². The van der Waals surface area contributed by atoms with E-state index in [0.29, 0.717) is 12.5 Å². The molecule has 18 heavy (non-hydrogen) atoms. The second-order valence-electron chi connectivity index (χ2n) is 4.79. The van der Waals surface area contributed by atoms with Crippen LogP contribution in [0.3, 0.4) is 0 Å². The molecular weight excluding hydrogens is 224 g/mol. The van der Waals surface area contributed by atoms with E-state index in [-0.39, 0.29) is 5.97 Å². The Morgan fingerprint density at radius 1 is 1.22 bits per heavy atom. The Balaban J connectivity index is 3.12. The van der Waals surface area contributed by atoms with Crippen LogP contribution in [0.1, 0.15) is 39.7 Å². The van der Waals surface area contributed by atoms with Crippen molar-refractivity contribution in [1.29, 1.82) is 0 Å². The van der Waals surface area contributed by atoms with Crippen molar-refractivity contribution in [2.24, 2.45) is 5.92 Å². The summed E-state index contributed by atoms with van der Waals surface area (Å²) in [5.74, 6) is 0.293. The highest BCUT2D eigenvalue weighted by atomic mass is 16.5. The van der Waals surface area contributed by atoms with Crippen LogP contribution in [-0.2, 0) is 9.53 Å². The van der Waals surface area contributed by atoms with E-state index in [1.165, 1.54) is 0 Å². The van der Waals surface area contributed by atoms with Crippen molar-refractivity contribution in [2.75, 3.05) is 6.61 Å². The molecule has 0 aliphatic rings. The molecule has 1 aromatic rings. The van der Waals surface area contributed by atoms with E-state index in [2.05, 4.69) is 13.8 Å². The lowest BCUT2D eigenvalue weighted by atomic mass is 9.92. The number of carbonyl (C=O) groups is 1. The molecule has 0 saturated heterocycles. The molecule has 0 aliphatic heterocycles. The van der Waals surface area contributed by atoms with Crippen LogP contribution in [-0.4, -0.2) is 12.6 Å². The minimum atomic E-state index is -0.211. The topological polar surface area (TPSA) is 26.3 Å². The van der Waals surface area contributed by atoms with Gasteiger partial charge in [-0.05, 0) is 37.3 Å². The normalized spacial score (nSPS) is 12.3. The zero-order chi connectivity index (χ0) is 13.5. The first-order chi connectivity index (χ1) is 8.56. The van der Waals surface area contributed by atoms with Gasteiger partial charge in [-0.3, -0.25) is 0 Å². The van der Waals surface area contributed by atoms with Gasteiger partial charge in [0.15, 0.2) is 0 Å². The van der Waals surface area contributed by atoms with Crippen LogP contribution < -0.4 is 0 Å². The van der Waals surface area contributed by atoms with Gasteiger partial charge in [-0.2, -0.15) is 0 Å². The Morgan fingerprint density at radius 2 is 1.83 bits per heavy atom. The summed E-state index contributed by atoms with van der Waals surface area (Å²) in [6.07, 6.45) is 0.884. The molecular formula is C16H22O2. The smallest absolute Gasteiger partial charge is 0.333 e. The van der Waals surface area contributed by atoms with Crippen LogP contribution in [0, 0.1) is 5.92 Å². The number of esters is 1. The van der Waals surface area contributed by atoms with Gasteiger partial charge in [0.2, 0.25) is 0 Å². The number of hydrogen-bond acceptors (Lipinski definition) is 2. The van der Waals surface area contributed by atoms with Crippen LogP contribution in [0.25, 0.3) is 5.57 Å². The van der Waals surface area contributed by atoms with Crippen LogP contribution in [0.2, 0.25) is 0 Å². The summed E-state index contributed by atoms with van der Waals surface area (Å²) >= 11 is 0. The largest absolute Gasteiger partial charge is 0.463 e. The lowest BCUT2D eigenvalue weighted by molar-refractivity contribution is -0.138. The molecule has 0 aromatic heterocycles. The van der Waals surface area contributed by atoms with E-state index in [1.807, 2.05) is 44.2 Å². The summed E-state index contributed by atoms with van der Waals surface area (Å²) in [6, 6.07) is 10.1. The Bertz CT molecular complexity index is 416. The van der Waals surface area contributed by atoms with E-state index in [4.69, 9.17) is 4.74 Å². The summed E-state index contributed by atoms with van der Waals surface area (Å²) < 4.78 is 5.09. The minimum absolute atomic E-state index is 0.211. The Kier molecular flexibility index (Phi) is 5.63. The molecule has 2 heteroatoms. The van der Waals surface area contributed by atoms with E-state index in [0.717, 1.165) is 23.1 Å². The third-order valence-electron chi connectivity index (χ3n) is 2.77. The highest BCUT2D eigenvalue weighted by Crippen LogP contribution is 2.26. The van der Waals surface area contributed by atoms with Gasteiger partial charge < -0.3 is 4.74 Å². The molecule has 0 bridgehead atoms. The van der Waals surface area contributed by atoms with Crippen molar-refractivity contribution < 1.29 is 9.53 Å². The highest BCUT2D eigenvalue weighted by molar-refractivity contribution is 5.97. The van der Waals surface area contributed by atoms with Gasteiger partial charge in [0, 0.05) is 5.57 Å². The maximum Gasteiger partial charge on any atom is 0.333 e. The van der Waals surface area contributed by atoms with E-state index >= 15 is 0 Å². The molecule has 2 nitrogen and oxygen atoms in total. The summed E-state index contributed by atoms with van der Waals surface area (Å²) in [7, 11) is 0. The van der Waals surface area contributed by atoms with Gasteiger partial charge in [0.25, 0.3) is 0 Å². The third-order valence-corrected chi connectivity index (χ3v) is 2.77. The minimum Gasteiger partial charge on any atom is -0.463 e. The molecule has 0 aliphatic carbocycles. The average Bonchev–Trinajstić information content (AvgIpc) is 2.36. The molecule has 1 aromatic carbocycles. The Morgan fingerprint density at radius 3 is 2.33 bits per heavy atom. The molecule has 0 fully saturated rings. The monoisotopic (exact) mass is 246 g/mol. The van der Waals surface area contributed by atoms with Crippen LogP contribution in [0.5, 0.6) is 0 Å². The molecule has 0 N–H and O–H groups in total. The van der Waals surface area contributed by atoms with Crippen LogP contribution in [0.15, 0.2) is 35.9 Å². The quantitative estimate of drug-likeness (QED) is 0.578. The molecule has 98 valence electrons. The zero-order valence-electron chi connectivity index (χ0n) is 11.7. The van der Waals surface area contributed by atoms with Crippen molar-refractivity contribution in [3.8, 4) is 0 Å². The first kappa shape index (κ1) is 14.5. The molecule has 0 amide bonds. The molecule has 1 rings (SSSR count). The molecule has 0 radical (unpaired) electrons. The van der Waals surface area contributed by atoms with Crippen LogP contribution >= 0.6 is 0 Å². The first-order valence-corrected chi connectivity index (χ1v) is 6.48. The molecule has 0 atom stereocenters. The maximum atomic E-state index is 11.9. The van der Waals surface area contributed by atoms with Crippen molar-refractivity contribution in [3.05, 3.63) is 41.5 Å². The Labute approximate surface area is 110 Å². The first-order valence-electron chi connectivity index (χ1n) is 6.48. The van der Waals surface area contributed by atoms with E-state index in [9.17, 15) is 4.79 Å². The molecule has 0 unspecified atom stereocenters. The van der Waals surface area contributed by atoms with Gasteiger partial charge in [0.1, 0.15) is 0 Å². The second kappa shape index (κ2) is 7.00. The predicted octanol–water partition coefficient (Wildman–Crippen LogP) is 4.07. The fourth-order valence-electron chi connectivity index (χ4n) is 1.90. The molecule has 0 heterocycles. The lowest BCUT2D eigenvalue weighted by Crippen LogP contribution is -2.08. The summed E-state index contributed by atoms with van der Waals surface area (Å²) in [4.78, 5) is 11.9. The van der Waals surface area contributed by atoms with E-state index < -0.39 is 0 Å². The van der Waals surface area contributed by atoms with Gasteiger partial charge in [-0.1, -0.05) is 44.2 Å². The number of rotatable bonds is 5. The highest BCUT2D eigenvalue weighted by Gasteiger charge is 2.14. The third kappa shape index (κ3) is 4.02. The van der Waals surface area contributed by atoms with Crippen molar-refractivity contribution in [3.63, 3.8) is 0 Å². The van der Waals surface area contributed by atoms with Crippen molar-refractivity contribution in [1.82, 2.24) is 0 Å². The number of hydrogen-bond donors (Lipinski definition) is 0. The number of allylic oxidation sites excluding steroid dienone is 1. The number of ether oxygens (including phenoxy) is 1. The van der Waals surface area contributed by atoms with Gasteiger partial charge in [0.05, 0.1) is 6.61 Å². The standard InChI is InChI=1S/C16H22O2/c1-5-18-16(17)13(4)15(11-12(2)3)14-9-7-6-8-10-14/h6-10,12H,5,11H2,1-4H3/b15-13-. The number of benzene rings is 1. The van der Waals surface area contributed by atoms with Crippen LogP contribution in [0.4, 0.5) is 0 Å². The predicted molar refractivity (Wildman–Crippen MR) is 75.1 cm³/mol. The second-order valence-corrected chi connectivity index (χ2v) is 4.79. The van der Waals surface area contributed by atoms with E-state index in [1.54, 1.807) is 0 Å². The Hall–Kier alpha value is -1.57. The van der Waals surface area contributed by atoms with Gasteiger partial charge in [-0.15, -0.1) is 0 Å². The maximum absolute atomic E-state index is 11.9. The summed E-state index contributed by atoms with van der Waals surface area (Å²) in [6.45, 7) is 8.40. The number of carbonyl (C=O) groups excluding carboxylic acids is 1. The SMILES string of the molecule is CCOC(=O)/C(C)=C(/CC(C)C)c1ccccc1. The van der Waals surface area contributed by atoms with Crippen molar-refractivity contribution >= 4 is 11.5 Å². The zero-order valence-corrected chi connectivity index (χ0v) is 11.7. The summed E-state index contributed by atoms with van der Waals surface area (Å²) in [5, 5.41) is 0. The van der Waals surface area contributed by atoms with Gasteiger partial charge >= 0.3 is 5.97 Å². The lowest BCUT2D eigenvalue weighted by Gasteiger charge is -2.14.